The summed E-state index contributed by atoms with van der Waals surface area (Å²) in [6, 6.07) is 6.57. The number of anilines is 1. The number of ether oxygens (including phenoxy) is 1. The summed E-state index contributed by atoms with van der Waals surface area (Å²) >= 11 is 0. The first-order valence-electron chi connectivity index (χ1n) is 9.64. The molecule has 0 aliphatic carbocycles. The van der Waals surface area contributed by atoms with E-state index in [1.165, 1.54) is 6.07 Å². The number of nitrogens with one attached hydrogen (secondary N) is 1. The third-order valence-corrected chi connectivity index (χ3v) is 5.14. The first-order valence-corrected chi connectivity index (χ1v) is 9.64. The van der Waals surface area contributed by atoms with Crippen LogP contribution in [0.15, 0.2) is 41.5 Å². The van der Waals surface area contributed by atoms with Gasteiger partial charge < -0.3 is 19.7 Å². The van der Waals surface area contributed by atoms with Gasteiger partial charge in [-0.1, -0.05) is 6.07 Å². The van der Waals surface area contributed by atoms with Crippen LogP contribution in [0.2, 0.25) is 0 Å². The van der Waals surface area contributed by atoms with E-state index in [-0.39, 0.29) is 35.8 Å². The molecule has 3 heterocycles. The second-order valence-corrected chi connectivity index (χ2v) is 7.48. The highest BCUT2D eigenvalue weighted by molar-refractivity contribution is 5.84. The molecule has 0 amide bonds. The Morgan fingerprint density at radius 2 is 2.17 bits per heavy atom. The van der Waals surface area contributed by atoms with E-state index in [9.17, 15) is 14.3 Å². The Hall–Kier alpha value is -2.84. The van der Waals surface area contributed by atoms with Crippen molar-refractivity contribution in [1.29, 1.82) is 0 Å². The van der Waals surface area contributed by atoms with Crippen molar-refractivity contribution in [2.45, 2.75) is 38.5 Å². The zero-order valence-corrected chi connectivity index (χ0v) is 16.3. The maximum absolute atomic E-state index is 14.6. The maximum Gasteiger partial charge on any atom is 0.223 e. The van der Waals surface area contributed by atoms with Gasteiger partial charge in [0.15, 0.2) is 11.2 Å². The fourth-order valence-electron chi connectivity index (χ4n) is 3.57. The van der Waals surface area contributed by atoms with E-state index < -0.39 is 11.9 Å². The molecule has 2 aromatic heterocycles. The van der Waals surface area contributed by atoms with E-state index in [1.807, 2.05) is 18.4 Å². The highest BCUT2D eigenvalue weighted by Crippen LogP contribution is 2.26. The molecular formula is C21H23FN4O3. The fraction of sp³-hybridized carbons (Fsp3) is 0.381. The van der Waals surface area contributed by atoms with Crippen LogP contribution in [0, 0.1) is 5.82 Å². The van der Waals surface area contributed by atoms with E-state index in [0.717, 1.165) is 11.7 Å². The number of pyridine rings is 1. The van der Waals surface area contributed by atoms with Gasteiger partial charge in [0.1, 0.15) is 5.69 Å². The Morgan fingerprint density at radius 1 is 1.34 bits per heavy atom. The molecule has 0 bridgehead atoms. The average molecular weight is 398 g/mol. The van der Waals surface area contributed by atoms with Gasteiger partial charge in [0, 0.05) is 35.9 Å². The normalized spacial score (nSPS) is 19.6. The molecule has 152 valence electrons. The molecular weight excluding hydrogens is 375 g/mol. The lowest BCUT2D eigenvalue weighted by Gasteiger charge is -2.28. The number of aromatic nitrogens is 3. The van der Waals surface area contributed by atoms with E-state index in [2.05, 4.69) is 15.3 Å². The third-order valence-electron chi connectivity index (χ3n) is 5.14. The average Bonchev–Trinajstić information content (AvgIpc) is 2.71. The van der Waals surface area contributed by atoms with Crippen molar-refractivity contribution in [2.24, 2.45) is 0 Å². The van der Waals surface area contributed by atoms with Gasteiger partial charge in [-0.15, -0.1) is 0 Å². The number of nitrogens with zero attached hydrogens (tertiary/aromatic N) is 3. The standard InChI is InChI=1S/C21H23FN4O3/c1-12(2)26-7-5-18(27)14-4-3-13(9-17(14)26)20-15(22)10-23-21(25-20)24-16-6-8-29-11-19(16)28/h3-5,7,9-10,12,16,19,28H,6,8,11H2,1-2H3,(H,23,24,25)/t16-,19-/m1/s1. The number of benzene rings is 1. The number of aliphatic hydroxyl groups excluding tert-OH is 1. The van der Waals surface area contributed by atoms with Crippen molar-refractivity contribution in [2.75, 3.05) is 18.5 Å². The summed E-state index contributed by atoms with van der Waals surface area (Å²) in [4.78, 5) is 20.6. The molecule has 0 spiro atoms. The molecule has 0 unspecified atom stereocenters. The quantitative estimate of drug-likeness (QED) is 0.703. The van der Waals surface area contributed by atoms with Crippen molar-refractivity contribution in [3.05, 3.63) is 52.7 Å². The first kappa shape index (κ1) is 19.5. The van der Waals surface area contributed by atoms with Gasteiger partial charge in [-0.05, 0) is 32.4 Å². The van der Waals surface area contributed by atoms with Crippen LogP contribution in [-0.4, -0.2) is 45.0 Å². The SMILES string of the molecule is CC(C)n1ccc(=O)c2ccc(-c3nc(N[C@@H]4CCOC[C@H]4O)ncc3F)cc21. The van der Waals surface area contributed by atoms with Gasteiger partial charge in [-0.2, -0.15) is 0 Å². The van der Waals surface area contributed by atoms with Crippen molar-refractivity contribution in [3.63, 3.8) is 0 Å². The van der Waals surface area contributed by atoms with Crippen LogP contribution in [-0.2, 0) is 4.74 Å². The smallest absolute Gasteiger partial charge is 0.223 e. The molecule has 8 heteroatoms. The highest BCUT2D eigenvalue weighted by Gasteiger charge is 2.24. The lowest BCUT2D eigenvalue weighted by Crippen LogP contribution is -2.42. The molecule has 3 aromatic rings. The minimum absolute atomic E-state index is 0.0810. The summed E-state index contributed by atoms with van der Waals surface area (Å²) in [5, 5.41) is 13.7. The van der Waals surface area contributed by atoms with Crippen LogP contribution in [0.25, 0.3) is 22.2 Å². The summed E-state index contributed by atoms with van der Waals surface area (Å²) in [5.41, 5.74) is 1.32. The molecule has 1 aliphatic heterocycles. The Balaban J connectivity index is 1.75. The van der Waals surface area contributed by atoms with Crippen LogP contribution in [0.5, 0.6) is 0 Å². The van der Waals surface area contributed by atoms with E-state index >= 15 is 0 Å². The molecule has 1 fully saturated rings. The molecule has 0 radical (unpaired) electrons. The fourth-order valence-corrected chi connectivity index (χ4v) is 3.57. The molecule has 1 saturated heterocycles. The number of fused-ring (bicyclic) bond motifs is 1. The minimum Gasteiger partial charge on any atom is -0.389 e. The van der Waals surface area contributed by atoms with Crippen molar-refractivity contribution in [3.8, 4) is 11.3 Å². The molecule has 1 aromatic carbocycles. The summed E-state index contributed by atoms with van der Waals surface area (Å²) < 4.78 is 21.8. The van der Waals surface area contributed by atoms with Gasteiger partial charge in [0.05, 0.1) is 30.5 Å². The maximum atomic E-state index is 14.6. The Kier molecular flexibility index (Phi) is 5.29. The van der Waals surface area contributed by atoms with Crippen molar-refractivity contribution in [1.82, 2.24) is 14.5 Å². The second-order valence-electron chi connectivity index (χ2n) is 7.48. The van der Waals surface area contributed by atoms with Gasteiger partial charge in [-0.3, -0.25) is 4.79 Å². The summed E-state index contributed by atoms with van der Waals surface area (Å²) in [5.74, 6) is -0.321. The Morgan fingerprint density at radius 3 is 2.93 bits per heavy atom. The molecule has 4 rings (SSSR count). The van der Waals surface area contributed by atoms with E-state index in [0.29, 0.717) is 24.0 Å². The number of aliphatic hydroxyl groups is 1. The zero-order chi connectivity index (χ0) is 20.5. The summed E-state index contributed by atoms with van der Waals surface area (Å²) in [6.07, 6.45) is 2.78. The van der Waals surface area contributed by atoms with Crippen LogP contribution in [0.1, 0.15) is 26.3 Å². The van der Waals surface area contributed by atoms with Crippen LogP contribution in [0.4, 0.5) is 10.3 Å². The zero-order valence-electron chi connectivity index (χ0n) is 16.3. The monoisotopic (exact) mass is 398 g/mol. The number of rotatable bonds is 4. The predicted octanol–water partition coefficient (Wildman–Crippen LogP) is 2.74. The van der Waals surface area contributed by atoms with E-state index in [4.69, 9.17) is 4.74 Å². The molecule has 1 aliphatic rings. The summed E-state index contributed by atoms with van der Waals surface area (Å²) in [6.45, 7) is 4.80. The van der Waals surface area contributed by atoms with Gasteiger partial charge in [0.2, 0.25) is 5.95 Å². The molecule has 2 N–H and O–H groups in total. The summed E-state index contributed by atoms with van der Waals surface area (Å²) in [7, 11) is 0. The minimum atomic E-state index is -0.679. The van der Waals surface area contributed by atoms with Crippen LogP contribution < -0.4 is 10.7 Å². The number of hydrogen-bond acceptors (Lipinski definition) is 6. The van der Waals surface area contributed by atoms with Gasteiger partial charge >= 0.3 is 0 Å². The lowest BCUT2D eigenvalue weighted by atomic mass is 10.1. The number of halogens is 1. The topological polar surface area (TPSA) is 89.3 Å². The Bertz CT molecular complexity index is 1100. The van der Waals surface area contributed by atoms with Crippen molar-refractivity contribution >= 4 is 16.9 Å². The van der Waals surface area contributed by atoms with Crippen LogP contribution in [0.3, 0.4) is 0 Å². The molecule has 7 nitrogen and oxygen atoms in total. The first-order chi connectivity index (χ1) is 13.9. The largest absolute Gasteiger partial charge is 0.389 e. The predicted molar refractivity (Wildman–Crippen MR) is 108 cm³/mol. The second kappa shape index (κ2) is 7.88. The van der Waals surface area contributed by atoms with Gasteiger partial charge in [0.25, 0.3) is 0 Å². The van der Waals surface area contributed by atoms with Crippen molar-refractivity contribution < 1.29 is 14.2 Å². The molecule has 2 atom stereocenters. The van der Waals surface area contributed by atoms with Crippen LogP contribution >= 0.6 is 0 Å². The Labute approximate surface area is 167 Å². The lowest BCUT2D eigenvalue weighted by molar-refractivity contribution is -0.0136. The highest BCUT2D eigenvalue weighted by atomic mass is 19.1. The molecule has 29 heavy (non-hydrogen) atoms. The molecule has 0 saturated carbocycles. The number of hydrogen-bond donors (Lipinski definition) is 2. The van der Waals surface area contributed by atoms with E-state index in [1.54, 1.807) is 24.4 Å². The third kappa shape index (κ3) is 3.86. The van der Waals surface area contributed by atoms with Gasteiger partial charge in [-0.25, -0.2) is 14.4 Å².